The van der Waals surface area contributed by atoms with Crippen LogP contribution in [0, 0.1) is 0 Å². The van der Waals surface area contributed by atoms with Gasteiger partial charge in [0.2, 0.25) is 0 Å². The van der Waals surface area contributed by atoms with Gasteiger partial charge in [-0.1, -0.05) is 36.4 Å². The second kappa shape index (κ2) is 7.22. The lowest BCUT2D eigenvalue weighted by Gasteiger charge is -2.12. The summed E-state index contributed by atoms with van der Waals surface area (Å²) in [4.78, 5) is 16.3. The van der Waals surface area contributed by atoms with Crippen LogP contribution in [0.3, 0.4) is 0 Å². The number of aliphatic hydroxyl groups is 1. The van der Waals surface area contributed by atoms with Crippen molar-refractivity contribution in [2.75, 3.05) is 5.32 Å². The van der Waals surface area contributed by atoms with Crippen LogP contribution in [-0.2, 0) is 4.79 Å². The third-order valence-corrected chi connectivity index (χ3v) is 2.98. The van der Waals surface area contributed by atoms with Gasteiger partial charge in [0.05, 0.1) is 11.3 Å². The Kier molecular flexibility index (Phi) is 5.09. The number of nitrogens with zero attached hydrogens (tertiary/aromatic N) is 1. The van der Waals surface area contributed by atoms with E-state index in [0.717, 1.165) is 5.69 Å². The number of ketones is 1. The molecule has 0 heterocycles. The second-order valence-electron chi connectivity index (χ2n) is 4.80. The highest BCUT2D eigenvalue weighted by Gasteiger charge is 2.16. The van der Waals surface area contributed by atoms with Crippen LogP contribution >= 0.6 is 0 Å². The van der Waals surface area contributed by atoms with Crippen LogP contribution in [0.25, 0.3) is 0 Å². The SMILES string of the molecule is CC(=O)/C(C(=Nc1ccccc1)Nc1ccccc1)=C(\C)O. The van der Waals surface area contributed by atoms with Crippen LogP contribution in [0.4, 0.5) is 11.4 Å². The summed E-state index contributed by atoms with van der Waals surface area (Å²) >= 11 is 0. The van der Waals surface area contributed by atoms with Crippen molar-refractivity contribution in [1.29, 1.82) is 0 Å². The minimum Gasteiger partial charge on any atom is -0.512 e. The lowest BCUT2D eigenvalue weighted by molar-refractivity contribution is -0.113. The fourth-order valence-electron chi connectivity index (χ4n) is 2.03. The highest BCUT2D eigenvalue weighted by Crippen LogP contribution is 2.17. The summed E-state index contributed by atoms with van der Waals surface area (Å²) in [5.41, 5.74) is 1.66. The summed E-state index contributed by atoms with van der Waals surface area (Å²) < 4.78 is 0. The number of hydrogen-bond donors (Lipinski definition) is 2. The number of allylic oxidation sites excluding steroid dienone is 1. The average molecular weight is 294 g/mol. The number of carbonyl (C=O) groups is 1. The van der Waals surface area contributed by atoms with Gasteiger partial charge in [-0.3, -0.25) is 4.79 Å². The van der Waals surface area contributed by atoms with E-state index in [1.165, 1.54) is 13.8 Å². The highest BCUT2D eigenvalue weighted by molar-refractivity contribution is 6.26. The van der Waals surface area contributed by atoms with Gasteiger partial charge in [0.15, 0.2) is 5.78 Å². The van der Waals surface area contributed by atoms with Gasteiger partial charge >= 0.3 is 0 Å². The van der Waals surface area contributed by atoms with E-state index in [4.69, 9.17) is 0 Å². The van der Waals surface area contributed by atoms with E-state index in [-0.39, 0.29) is 17.1 Å². The van der Waals surface area contributed by atoms with Crippen LogP contribution < -0.4 is 5.32 Å². The summed E-state index contributed by atoms with van der Waals surface area (Å²) in [7, 11) is 0. The molecule has 0 amide bonds. The number of aliphatic hydroxyl groups excluding tert-OH is 1. The van der Waals surface area contributed by atoms with E-state index in [0.29, 0.717) is 11.5 Å². The van der Waals surface area contributed by atoms with Crippen molar-refractivity contribution >= 4 is 23.0 Å². The Balaban J connectivity index is 2.47. The topological polar surface area (TPSA) is 61.7 Å². The molecule has 2 aromatic rings. The summed E-state index contributed by atoms with van der Waals surface area (Å²) in [6, 6.07) is 18.7. The Morgan fingerprint density at radius 3 is 2.00 bits per heavy atom. The predicted octanol–water partition coefficient (Wildman–Crippen LogP) is 4.25. The minimum absolute atomic E-state index is 0.0642. The van der Waals surface area contributed by atoms with E-state index in [9.17, 15) is 9.90 Å². The van der Waals surface area contributed by atoms with E-state index < -0.39 is 0 Å². The first-order valence-electron chi connectivity index (χ1n) is 6.95. The standard InChI is InChI=1S/C18H18N2O2/c1-13(21)17(14(2)22)18(19-15-9-5-3-6-10-15)20-16-11-7-4-8-12-16/h3-12,21H,1-2H3,(H,19,20)/b17-13-. The van der Waals surface area contributed by atoms with Gasteiger partial charge in [-0.15, -0.1) is 0 Å². The van der Waals surface area contributed by atoms with Crippen LogP contribution in [-0.4, -0.2) is 16.7 Å². The molecule has 0 saturated heterocycles. The monoisotopic (exact) mass is 294 g/mol. The summed E-state index contributed by atoms with van der Waals surface area (Å²) in [5.74, 6) is 0.00799. The molecule has 0 radical (unpaired) electrons. The Hall–Kier alpha value is -2.88. The van der Waals surface area contributed by atoms with Crippen molar-refractivity contribution in [2.24, 2.45) is 4.99 Å². The van der Waals surface area contributed by atoms with Crippen molar-refractivity contribution in [1.82, 2.24) is 0 Å². The number of amidine groups is 1. The first-order valence-corrected chi connectivity index (χ1v) is 6.95. The number of rotatable bonds is 4. The summed E-state index contributed by atoms with van der Waals surface area (Å²) in [5, 5.41) is 12.9. The average Bonchev–Trinajstić information content (AvgIpc) is 2.48. The molecule has 0 spiro atoms. The molecule has 0 bridgehead atoms. The maximum Gasteiger partial charge on any atom is 0.166 e. The Morgan fingerprint density at radius 1 is 0.955 bits per heavy atom. The summed E-state index contributed by atoms with van der Waals surface area (Å²) in [6.45, 7) is 2.88. The molecule has 4 heteroatoms. The van der Waals surface area contributed by atoms with Gasteiger partial charge in [-0.25, -0.2) is 4.99 Å². The molecule has 0 atom stereocenters. The van der Waals surface area contributed by atoms with Gasteiger partial charge in [-0.05, 0) is 38.1 Å². The molecular weight excluding hydrogens is 276 g/mol. The van der Waals surface area contributed by atoms with Crippen LogP contribution in [0.5, 0.6) is 0 Å². The van der Waals surface area contributed by atoms with Crippen LogP contribution in [0.15, 0.2) is 77.0 Å². The number of para-hydroxylation sites is 2. The third kappa shape index (κ3) is 4.06. The Labute approximate surface area is 129 Å². The Morgan fingerprint density at radius 2 is 1.50 bits per heavy atom. The van der Waals surface area contributed by atoms with E-state index in [2.05, 4.69) is 10.3 Å². The lowest BCUT2D eigenvalue weighted by Crippen LogP contribution is -2.21. The number of hydrogen-bond acceptors (Lipinski definition) is 3. The van der Waals surface area contributed by atoms with Crippen molar-refractivity contribution in [3.05, 3.63) is 72.0 Å². The number of Topliss-reactive ketones (excluding diaryl/α,β-unsaturated/α-hetero) is 1. The first-order chi connectivity index (χ1) is 10.6. The molecule has 0 aromatic heterocycles. The molecule has 0 aliphatic heterocycles. The highest BCUT2D eigenvalue weighted by atomic mass is 16.3. The van der Waals surface area contributed by atoms with Gasteiger partial charge in [0.25, 0.3) is 0 Å². The quantitative estimate of drug-likeness (QED) is 0.383. The van der Waals surface area contributed by atoms with Gasteiger partial charge in [0.1, 0.15) is 11.6 Å². The zero-order chi connectivity index (χ0) is 15.9. The third-order valence-electron chi connectivity index (χ3n) is 2.98. The zero-order valence-electron chi connectivity index (χ0n) is 12.6. The van der Waals surface area contributed by atoms with Crippen molar-refractivity contribution < 1.29 is 9.90 Å². The second-order valence-corrected chi connectivity index (χ2v) is 4.80. The molecule has 0 aliphatic carbocycles. The smallest absolute Gasteiger partial charge is 0.166 e. The molecule has 0 aliphatic rings. The lowest BCUT2D eigenvalue weighted by atomic mass is 10.1. The maximum atomic E-state index is 11.9. The molecule has 22 heavy (non-hydrogen) atoms. The first kappa shape index (κ1) is 15.5. The molecule has 0 unspecified atom stereocenters. The number of benzene rings is 2. The van der Waals surface area contributed by atoms with Gasteiger partial charge < -0.3 is 10.4 Å². The van der Waals surface area contributed by atoms with Gasteiger partial charge in [-0.2, -0.15) is 0 Å². The molecule has 2 rings (SSSR count). The molecule has 2 N–H and O–H groups in total. The number of aliphatic imine (C=N–C) groups is 1. The number of nitrogens with one attached hydrogen (secondary N) is 1. The molecule has 0 saturated carbocycles. The van der Waals surface area contributed by atoms with E-state index in [1.807, 2.05) is 60.7 Å². The van der Waals surface area contributed by atoms with Crippen LogP contribution in [0.2, 0.25) is 0 Å². The number of anilines is 1. The largest absolute Gasteiger partial charge is 0.512 e. The van der Waals surface area contributed by atoms with E-state index in [1.54, 1.807) is 0 Å². The van der Waals surface area contributed by atoms with E-state index >= 15 is 0 Å². The minimum atomic E-state index is -0.252. The summed E-state index contributed by atoms with van der Waals surface area (Å²) in [6.07, 6.45) is 0. The molecule has 4 nitrogen and oxygen atoms in total. The van der Waals surface area contributed by atoms with Crippen molar-refractivity contribution in [2.45, 2.75) is 13.8 Å². The molecular formula is C18H18N2O2. The Bertz CT molecular complexity index is 700. The molecule has 0 fully saturated rings. The molecule has 112 valence electrons. The fraction of sp³-hybridized carbons (Fsp3) is 0.111. The van der Waals surface area contributed by atoms with Crippen LogP contribution in [0.1, 0.15) is 13.8 Å². The number of carbonyl (C=O) groups excluding carboxylic acids is 1. The van der Waals surface area contributed by atoms with Crippen molar-refractivity contribution in [3.8, 4) is 0 Å². The van der Waals surface area contributed by atoms with Gasteiger partial charge in [0, 0.05) is 5.69 Å². The maximum absolute atomic E-state index is 11.9. The predicted molar refractivity (Wildman–Crippen MR) is 89.6 cm³/mol. The van der Waals surface area contributed by atoms with Crippen molar-refractivity contribution in [3.63, 3.8) is 0 Å². The normalized spacial score (nSPS) is 12.5. The zero-order valence-corrected chi connectivity index (χ0v) is 12.6. The molecule has 2 aromatic carbocycles. The fourth-order valence-corrected chi connectivity index (χ4v) is 2.03.